The normalized spacial score (nSPS) is 22.7. The standard InChI is InChI=1S/C47H67ClN6O8/c1-8-13-32(40(57)39(56)20-29-18-19-29)22-38(55)37-25-47(24-36(51-62-47)31-16-12-17-33(48)21-31)27-54(37)43(59)41(45(2,3)4)49-42(58)35(30-14-10-9-11-15-30)23-34-26-53(52-50-34)28-61-44(60)46(5,6)7/h12,16-17,21,26,29-30,32,35,37,40-41,57H,8-11,13-15,18-20,22-25,27-28H2,1-7H3,(H,49,58)/t32-,35+,37+,40?,41-,47-/m1/s1. The topological polar surface area (TPSA) is 182 Å². The van der Waals surface area contributed by atoms with Crippen LogP contribution in [0.5, 0.6) is 0 Å². The number of aromatic nitrogens is 3. The van der Waals surface area contributed by atoms with Crippen LogP contribution in [0.15, 0.2) is 35.6 Å². The first-order valence-corrected chi connectivity index (χ1v) is 23.1. The summed E-state index contributed by atoms with van der Waals surface area (Å²) in [5.74, 6) is -2.32. The molecular weight excluding hydrogens is 812 g/mol. The number of benzene rings is 1. The van der Waals surface area contributed by atoms with Gasteiger partial charge in [-0.1, -0.05) is 87.5 Å². The lowest BCUT2D eigenvalue weighted by atomic mass is 9.77. The highest BCUT2D eigenvalue weighted by atomic mass is 35.5. The minimum absolute atomic E-state index is 0.0474. The molecule has 2 N–H and O–H groups in total. The van der Waals surface area contributed by atoms with Gasteiger partial charge in [-0.3, -0.25) is 24.0 Å². The van der Waals surface area contributed by atoms with Crippen molar-refractivity contribution in [1.82, 2.24) is 25.2 Å². The number of aliphatic hydroxyl groups is 1. The Hall–Kier alpha value is -4.17. The molecule has 0 bridgehead atoms. The van der Waals surface area contributed by atoms with Crippen LogP contribution in [0.25, 0.3) is 0 Å². The van der Waals surface area contributed by atoms with E-state index in [0.29, 0.717) is 48.0 Å². The van der Waals surface area contributed by atoms with Gasteiger partial charge in [0.25, 0.3) is 0 Å². The van der Waals surface area contributed by atoms with Crippen LogP contribution in [0.3, 0.4) is 0 Å². The number of likely N-dealkylation sites (tertiary alicyclic amines) is 1. The molecule has 6 atom stereocenters. The number of hydrogen-bond donors (Lipinski definition) is 2. The van der Waals surface area contributed by atoms with Crippen molar-refractivity contribution in [2.75, 3.05) is 6.54 Å². The van der Waals surface area contributed by atoms with E-state index in [1.54, 1.807) is 44.0 Å². The molecule has 2 saturated carbocycles. The third kappa shape index (κ3) is 11.9. The number of oxime groups is 1. The maximum absolute atomic E-state index is 15.2. The Balaban J connectivity index is 1.25. The van der Waals surface area contributed by atoms with E-state index in [9.17, 15) is 24.3 Å². The van der Waals surface area contributed by atoms with Crippen molar-refractivity contribution in [2.24, 2.45) is 39.7 Å². The number of carbonyl (C=O) groups is 5. The molecule has 15 heteroatoms. The lowest BCUT2D eigenvalue weighted by molar-refractivity contribution is -0.157. The van der Waals surface area contributed by atoms with Crippen LogP contribution in [0.1, 0.15) is 143 Å². The molecule has 1 aromatic carbocycles. The lowest BCUT2D eigenvalue weighted by Crippen LogP contribution is -2.58. The van der Waals surface area contributed by atoms with Gasteiger partial charge in [0.15, 0.2) is 23.9 Å². The summed E-state index contributed by atoms with van der Waals surface area (Å²) in [4.78, 5) is 77.8. The van der Waals surface area contributed by atoms with E-state index in [-0.39, 0.29) is 61.9 Å². The van der Waals surface area contributed by atoms with Gasteiger partial charge in [-0.05, 0) is 88.2 Å². The average molecular weight is 880 g/mol. The number of Topliss-reactive ketones (excluding diaryl/α,β-unsaturated/α-hetero) is 2. The van der Waals surface area contributed by atoms with E-state index < -0.39 is 52.4 Å². The number of hydrogen-bond acceptors (Lipinski definition) is 11. The fourth-order valence-corrected chi connectivity index (χ4v) is 9.46. The molecule has 1 saturated heterocycles. The first-order valence-electron chi connectivity index (χ1n) is 22.7. The molecule has 3 heterocycles. The summed E-state index contributed by atoms with van der Waals surface area (Å²) in [5, 5.41) is 27.9. The fraction of sp³-hybridized carbons (Fsp3) is 0.702. The van der Waals surface area contributed by atoms with E-state index in [0.717, 1.165) is 50.5 Å². The lowest BCUT2D eigenvalue weighted by Gasteiger charge is -2.37. The van der Waals surface area contributed by atoms with Gasteiger partial charge in [-0.25, -0.2) is 4.68 Å². The van der Waals surface area contributed by atoms with Crippen LogP contribution in [-0.4, -0.2) is 90.4 Å². The highest BCUT2D eigenvalue weighted by Crippen LogP contribution is 2.42. The van der Waals surface area contributed by atoms with Crippen LogP contribution in [0.4, 0.5) is 0 Å². The second-order valence-corrected chi connectivity index (χ2v) is 21.0. The summed E-state index contributed by atoms with van der Waals surface area (Å²) in [6.07, 6.45) is 9.30. The molecule has 3 fully saturated rings. The smallest absolute Gasteiger partial charge is 0.313 e. The zero-order chi connectivity index (χ0) is 45.0. The number of ether oxygens (including phenoxy) is 1. The molecule has 1 spiro atoms. The van der Waals surface area contributed by atoms with Crippen LogP contribution in [0, 0.1) is 34.5 Å². The van der Waals surface area contributed by atoms with Crippen molar-refractivity contribution >= 4 is 46.7 Å². The zero-order valence-electron chi connectivity index (χ0n) is 37.7. The van der Waals surface area contributed by atoms with Gasteiger partial charge in [0.1, 0.15) is 12.1 Å². The second-order valence-electron chi connectivity index (χ2n) is 20.5. The van der Waals surface area contributed by atoms with Gasteiger partial charge < -0.3 is 24.9 Å². The van der Waals surface area contributed by atoms with Crippen molar-refractivity contribution in [3.63, 3.8) is 0 Å². The molecule has 6 rings (SSSR count). The molecular formula is C47H67ClN6O8. The Morgan fingerprint density at radius 1 is 1.05 bits per heavy atom. The summed E-state index contributed by atoms with van der Waals surface area (Å²) in [5.41, 5.74) is -0.465. The first kappa shape index (κ1) is 47.3. The summed E-state index contributed by atoms with van der Waals surface area (Å²) < 4.78 is 6.87. The van der Waals surface area contributed by atoms with Crippen LogP contribution in [-0.2, 0) is 46.7 Å². The number of ketones is 2. The monoisotopic (exact) mass is 878 g/mol. The molecule has 62 heavy (non-hydrogen) atoms. The van der Waals surface area contributed by atoms with E-state index in [4.69, 9.17) is 21.2 Å². The molecule has 340 valence electrons. The van der Waals surface area contributed by atoms with E-state index >= 15 is 4.79 Å². The molecule has 14 nitrogen and oxygen atoms in total. The quantitative estimate of drug-likeness (QED) is 0.148. The minimum Gasteiger partial charge on any atom is -0.442 e. The molecule has 2 aliphatic carbocycles. The molecule has 2 aromatic rings. The van der Waals surface area contributed by atoms with Crippen molar-refractivity contribution in [1.29, 1.82) is 0 Å². The van der Waals surface area contributed by atoms with Crippen molar-refractivity contribution in [3.8, 4) is 0 Å². The highest BCUT2D eigenvalue weighted by Gasteiger charge is 2.55. The van der Waals surface area contributed by atoms with Crippen molar-refractivity contribution in [2.45, 2.75) is 169 Å². The predicted octanol–water partition coefficient (Wildman–Crippen LogP) is 7.02. The molecule has 1 aromatic heterocycles. The fourth-order valence-electron chi connectivity index (χ4n) is 9.27. The Kier molecular flexibility index (Phi) is 15.0. The number of amides is 2. The molecule has 1 unspecified atom stereocenters. The summed E-state index contributed by atoms with van der Waals surface area (Å²) in [7, 11) is 0. The van der Waals surface area contributed by atoms with Gasteiger partial charge in [-0.2, -0.15) is 0 Å². The van der Waals surface area contributed by atoms with Gasteiger partial charge in [0.05, 0.1) is 35.6 Å². The van der Waals surface area contributed by atoms with Crippen LogP contribution >= 0.6 is 11.6 Å². The van der Waals surface area contributed by atoms with Gasteiger partial charge in [-0.15, -0.1) is 5.10 Å². The summed E-state index contributed by atoms with van der Waals surface area (Å²) in [6.45, 7) is 12.9. The highest BCUT2D eigenvalue weighted by molar-refractivity contribution is 6.31. The number of aliphatic hydroxyl groups excluding tert-OH is 1. The summed E-state index contributed by atoms with van der Waals surface area (Å²) in [6, 6.07) is 5.32. The number of nitrogens with zero attached hydrogens (tertiary/aromatic N) is 5. The van der Waals surface area contributed by atoms with E-state index in [2.05, 4.69) is 20.8 Å². The SMILES string of the molecule is CCC[C@H](CC(=O)[C@@H]1C[C@]2(CC(c3cccc(Cl)c3)=NO2)CN1C(=O)[C@@H](NC(=O)[C@@H](Cc1cn(COC(=O)C(C)(C)C)nn1)C1CCCCC1)C(C)(C)C)C(O)C(=O)CC1CC1. The van der Waals surface area contributed by atoms with Gasteiger partial charge in [0, 0.05) is 48.6 Å². The number of rotatable bonds is 18. The summed E-state index contributed by atoms with van der Waals surface area (Å²) >= 11 is 6.33. The Morgan fingerprint density at radius 3 is 2.42 bits per heavy atom. The van der Waals surface area contributed by atoms with E-state index in [1.807, 2.05) is 39.8 Å². The van der Waals surface area contributed by atoms with Gasteiger partial charge in [0.2, 0.25) is 11.8 Å². The Morgan fingerprint density at radius 2 is 1.77 bits per heavy atom. The largest absolute Gasteiger partial charge is 0.442 e. The van der Waals surface area contributed by atoms with Gasteiger partial charge >= 0.3 is 5.97 Å². The van der Waals surface area contributed by atoms with Crippen LogP contribution < -0.4 is 5.32 Å². The third-order valence-electron chi connectivity index (χ3n) is 13.0. The molecule has 2 amide bonds. The number of nitrogens with one attached hydrogen (secondary N) is 1. The number of esters is 1. The third-order valence-corrected chi connectivity index (χ3v) is 13.3. The zero-order valence-corrected chi connectivity index (χ0v) is 38.4. The number of carbonyl (C=O) groups excluding carboxylic acids is 5. The van der Waals surface area contributed by atoms with Crippen LogP contribution in [0.2, 0.25) is 5.02 Å². The first-order chi connectivity index (χ1) is 29.3. The number of halogens is 1. The Labute approximate surface area is 371 Å². The molecule has 4 aliphatic rings. The molecule has 2 aliphatic heterocycles. The average Bonchev–Trinajstić information content (AvgIpc) is 3.58. The second kappa shape index (κ2) is 19.7. The predicted molar refractivity (Wildman–Crippen MR) is 234 cm³/mol. The van der Waals surface area contributed by atoms with E-state index in [1.165, 1.54) is 4.68 Å². The maximum atomic E-state index is 15.2. The maximum Gasteiger partial charge on any atom is 0.313 e. The molecule has 0 radical (unpaired) electrons. The minimum atomic E-state index is -1.27. The van der Waals surface area contributed by atoms with Crippen molar-refractivity contribution in [3.05, 3.63) is 46.7 Å². The van der Waals surface area contributed by atoms with Crippen molar-refractivity contribution < 1.29 is 38.7 Å². The Bertz CT molecular complexity index is 1980.